The van der Waals surface area contributed by atoms with E-state index in [4.69, 9.17) is 4.74 Å². The van der Waals surface area contributed by atoms with Crippen molar-refractivity contribution in [3.63, 3.8) is 0 Å². The molecule has 1 saturated heterocycles. The SMILES string of the molecule is CN(CCSC(F)(F)F)CC1(O)CCOCC1. The lowest BCUT2D eigenvalue weighted by Crippen LogP contribution is -2.46. The lowest BCUT2D eigenvalue weighted by atomic mass is 9.94. The zero-order chi connectivity index (χ0) is 12.9. The van der Waals surface area contributed by atoms with Crippen molar-refractivity contribution >= 4 is 11.8 Å². The lowest BCUT2D eigenvalue weighted by molar-refractivity contribution is -0.0762. The third-order valence-corrected chi connectivity index (χ3v) is 3.44. The third-order valence-electron chi connectivity index (χ3n) is 2.73. The molecule has 1 aliphatic heterocycles. The fourth-order valence-corrected chi connectivity index (χ4v) is 2.44. The van der Waals surface area contributed by atoms with E-state index in [1.165, 1.54) is 0 Å². The highest BCUT2D eigenvalue weighted by Crippen LogP contribution is 2.30. The summed E-state index contributed by atoms with van der Waals surface area (Å²) in [4.78, 5) is 1.74. The van der Waals surface area contributed by atoms with Crippen LogP contribution in [0.3, 0.4) is 0 Å². The van der Waals surface area contributed by atoms with E-state index in [9.17, 15) is 18.3 Å². The largest absolute Gasteiger partial charge is 0.441 e. The number of rotatable bonds is 5. The molecule has 0 saturated carbocycles. The number of thioether (sulfide) groups is 1. The highest BCUT2D eigenvalue weighted by molar-refractivity contribution is 8.00. The number of hydrogen-bond acceptors (Lipinski definition) is 4. The van der Waals surface area contributed by atoms with Gasteiger partial charge in [-0.1, -0.05) is 0 Å². The summed E-state index contributed by atoms with van der Waals surface area (Å²) in [5.74, 6) is -0.00736. The third kappa shape index (κ3) is 6.49. The molecule has 0 radical (unpaired) electrons. The molecule has 1 fully saturated rings. The average molecular weight is 273 g/mol. The maximum absolute atomic E-state index is 11.9. The first-order chi connectivity index (χ1) is 7.81. The second-order valence-corrected chi connectivity index (χ2v) is 5.53. The first kappa shape index (κ1) is 15.1. The van der Waals surface area contributed by atoms with Gasteiger partial charge in [0.05, 0.1) is 5.60 Å². The van der Waals surface area contributed by atoms with E-state index < -0.39 is 11.1 Å². The quantitative estimate of drug-likeness (QED) is 0.826. The first-order valence-corrected chi connectivity index (χ1v) is 6.49. The summed E-state index contributed by atoms with van der Waals surface area (Å²) in [5, 5.41) is 10.2. The maximum atomic E-state index is 11.9. The fourth-order valence-electron chi connectivity index (χ4n) is 1.81. The molecule has 1 heterocycles. The normalized spacial score (nSPS) is 20.8. The van der Waals surface area contributed by atoms with Gasteiger partial charge in [0.25, 0.3) is 0 Å². The molecule has 3 nitrogen and oxygen atoms in total. The Labute approximate surface area is 103 Å². The molecule has 0 aromatic carbocycles. The van der Waals surface area contributed by atoms with E-state index in [0.717, 1.165) is 0 Å². The second-order valence-electron chi connectivity index (χ2n) is 4.37. The fraction of sp³-hybridized carbons (Fsp3) is 1.00. The summed E-state index contributed by atoms with van der Waals surface area (Å²) in [6.45, 7) is 1.74. The van der Waals surface area contributed by atoms with Crippen molar-refractivity contribution in [3.8, 4) is 0 Å². The lowest BCUT2D eigenvalue weighted by Gasteiger charge is -2.35. The van der Waals surface area contributed by atoms with Gasteiger partial charge < -0.3 is 14.7 Å². The molecule has 0 unspecified atom stereocenters. The Bertz CT molecular complexity index is 232. The van der Waals surface area contributed by atoms with Crippen LogP contribution in [0.25, 0.3) is 0 Å². The summed E-state index contributed by atoms with van der Waals surface area (Å²) in [6.07, 6.45) is 1.09. The number of likely N-dealkylation sites (N-methyl/N-ethyl adjacent to an activating group) is 1. The van der Waals surface area contributed by atoms with Gasteiger partial charge in [-0.3, -0.25) is 0 Å². The van der Waals surface area contributed by atoms with Gasteiger partial charge in [0.1, 0.15) is 0 Å². The molecule has 1 rings (SSSR count). The van der Waals surface area contributed by atoms with Crippen LogP contribution < -0.4 is 0 Å². The topological polar surface area (TPSA) is 32.7 Å². The molecule has 0 aliphatic carbocycles. The Kier molecular flexibility index (Phi) is 5.56. The molecule has 1 aliphatic rings. The van der Waals surface area contributed by atoms with Crippen LogP contribution >= 0.6 is 11.8 Å². The van der Waals surface area contributed by atoms with E-state index in [0.29, 0.717) is 39.1 Å². The van der Waals surface area contributed by atoms with Crippen molar-refractivity contribution < 1.29 is 23.0 Å². The Morgan fingerprint density at radius 1 is 1.35 bits per heavy atom. The zero-order valence-corrected chi connectivity index (χ0v) is 10.6. The smallest absolute Gasteiger partial charge is 0.388 e. The monoisotopic (exact) mass is 273 g/mol. The van der Waals surface area contributed by atoms with Crippen LogP contribution in [0, 0.1) is 0 Å². The van der Waals surface area contributed by atoms with Crippen molar-refractivity contribution in [1.29, 1.82) is 0 Å². The van der Waals surface area contributed by atoms with Gasteiger partial charge >= 0.3 is 5.51 Å². The first-order valence-electron chi connectivity index (χ1n) is 5.50. The molecule has 0 aromatic rings. The molecule has 0 atom stereocenters. The molecule has 0 amide bonds. The number of aliphatic hydroxyl groups is 1. The Morgan fingerprint density at radius 3 is 2.47 bits per heavy atom. The summed E-state index contributed by atoms with van der Waals surface area (Å²) in [7, 11) is 1.73. The Hall–Kier alpha value is 0.0200. The van der Waals surface area contributed by atoms with Gasteiger partial charge in [0, 0.05) is 44.9 Å². The van der Waals surface area contributed by atoms with E-state index in [1.54, 1.807) is 11.9 Å². The highest BCUT2D eigenvalue weighted by Gasteiger charge is 2.32. The van der Waals surface area contributed by atoms with Crippen molar-refractivity contribution in [1.82, 2.24) is 4.90 Å². The van der Waals surface area contributed by atoms with E-state index in [-0.39, 0.29) is 17.5 Å². The number of alkyl halides is 3. The Morgan fingerprint density at radius 2 is 1.94 bits per heavy atom. The zero-order valence-electron chi connectivity index (χ0n) is 9.79. The van der Waals surface area contributed by atoms with Gasteiger partial charge in [-0.2, -0.15) is 13.2 Å². The minimum atomic E-state index is -4.17. The molecular weight excluding hydrogens is 255 g/mol. The number of nitrogens with zero attached hydrogens (tertiary/aromatic N) is 1. The molecule has 0 aromatic heterocycles. The average Bonchev–Trinajstić information content (AvgIpc) is 2.15. The summed E-state index contributed by atoms with van der Waals surface area (Å²) in [5.41, 5.74) is -4.98. The van der Waals surface area contributed by atoms with Crippen LogP contribution in [0.2, 0.25) is 0 Å². The van der Waals surface area contributed by atoms with Gasteiger partial charge in [0.15, 0.2) is 0 Å². The van der Waals surface area contributed by atoms with Gasteiger partial charge in [-0.25, -0.2) is 0 Å². The Balaban J connectivity index is 2.21. The summed E-state index contributed by atoms with van der Waals surface area (Å²) < 4.78 is 40.9. The summed E-state index contributed by atoms with van der Waals surface area (Å²) in [6, 6.07) is 0. The predicted octanol–water partition coefficient (Wildman–Crippen LogP) is 1.71. The van der Waals surface area contributed by atoms with Crippen LogP contribution in [0.5, 0.6) is 0 Å². The van der Waals surface area contributed by atoms with Crippen LogP contribution in [-0.2, 0) is 4.74 Å². The van der Waals surface area contributed by atoms with E-state index in [1.807, 2.05) is 0 Å². The molecule has 102 valence electrons. The standard InChI is InChI=1S/C10H18F3NO2S/c1-14(4-7-17-10(11,12)13)8-9(15)2-5-16-6-3-9/h15H,2-8H2,1H3. The van der Waals surface area contributed by atoms with Crippen LogP contribution in [0.1, 0.15) is 12.8 Å². The predicted molar refractivity (Wildman–Crippen MR) is 61.0 cm³/mol. The second kappa shape index (κ2) is 6.26. The van der Waals surface area contributed by atoms with E-state index in [2.05, 4.69) is 0 Å². The molecular formula is C10H18F3NO2S. The van der Waals surface area contributed by atoms with E-state index >= 15 is 0 Å². The molecule has 7 heteroatoms. The van der Waals surface area contributed by atoms with Crippen LogP contribution in [0.15, 0.2) is 0 Å². The van der Waals surface area contributed by atoms with Crippen molar-refractivity contribution in [2.45, 2.75) is 24.0 Å². The maximum Gasteiger partial charge on any atom is 0.441 e. The minimum Gasteiger partial charge on any atom is -0.388 e. The number of hydrogen-bond donors (Lipinski definition) is 1. The van der Waals surface area contributed by atoms with Gasteiger partial charge in [0.2, 0.25) is 0 Å². The molecule has 17 heavy (non-hydrogen) atoms. The van der Waals surface area contributed by atoms with Crippen molar-refractivity contribution in [3.05, 3.63) is 0 Å². The van der Waals surface area contributed by atoms with Crippen LogP contribution in [0.4, 0.5) is 13.2 Å². The van der Waals surface area contributed by atoms with Crippen molar-refractivity contribution in [2.75, 3.05) is 39.1 Å². The van der Waals surface area contributed by atoms with Gasteiger partial charge in [-0.15, -0.1) is 0 Å². The van der Waals surface area contributed by atoms with Crippen molar-refractivity contribution in [2.24, 2.45) is 0 Å². The molecule has 0 bridgehead atoms. The number of halogens is 3. The highest BCUT2D eigenvalue weighted by atomic mass is 32.2. The van der Waals surface area contributed by atoms with Crippen LogP contribution in [-0.4, -0.2) is 60.2 Å². The minimum absolute atomic E-state index is 0.00736. The summed E-state index contributed by atoms with van der Waals surface area (Å²) >= 11 is -0.0252. The molecule has 0 spiro atoms. The number of ether oxygens (including phenoxy) is 1. The van der Waals surface area contributed by atoms with Gasteiger partial charge in [-0.05, 0) is 18.8 Å². The molecule has 1 N–H and O–H groups in total.